The molecule has 36 heavy (non-hydrogen) atoms. The van der Waals surface area contributed by atoms with E-state index in [0.717, 1.165) is 35.7 Å². The van der Waals surface area contributed by atoms with Crippen LogP contribution in [0.3, 0.4) is 0 Å². The molecule has 184 valence electrons. The van der Waals surface area contributed by atoms with E-state index in [1.54, 1.807) is 0 Å². The molecule has 3 unspecified atom stereocenters. The summed E-state index contributed by atoms with van der Waals surface area (Å²) in [7, 11) is 0. The molecular weight excluding hydrogens is 480 g/mol. The van der Waals surface area contributed by atoms with Gasteiger partial charge in [-0.05, 0) is 65.2 Å². The Bertz CT molecular complexity index is 1250. The van der Waals surface area contributed by atoms with Crippen molar-refractivity contribution in [3.63, 3.8) is 0 Å². The van der Waals surface area contributed by atoms with Crippen molar-refractivity contribution in [2.75, 3.05) is 11.5 Å². The smallest absolute Gasteiger partial charge is 0.121 e. The van der Waals surface area contributed by atoms with Crippen molar-refractivity contribution in [2.24, 2.45) is 5.92 Å². The number of allylic oxidation sites excluding steroid dienone is 3. The molecule has 3 atom stereocenters. The highest BCUT2D eigenvalue weighted by molar-refractivity contribution is 8.18. The number of hydrogen-bond donors (Lipinski definition) is 1. The summed E-state index contributed by atoms with van der Waals surface area (Å²) in [5.74, 6) is 3.31. The predicted molar refractivity (Wildman–Crippen MR) is 152 cm³/mol. The van der Waals surface area contributed by atoms with Crippen LogP contribution in [0.1, 0.15) is 41.0 Å². The highest BCUT2D eigenvalue weighted by Gasteiger charge is 2.63. The minimum absolute atomic E-state index is 0.0299. The molecule has 0 aromatic heterocycles. The van der Waals surface area contributed by atoms with Crippen molar-refractivity contribution in [3.8, 4) is 0 Å². The molecule has 0 bridgehead atoms. The van der Waals surface area contributed by atoms with Crippen LogP contribution in [0.15, 0.2) is 109 Å². The van der Waals surface area contributed by atoms with Gasteiger partial charge in [-0.3, -0.25) is 0 Å². The fraction of sp³-hybridized carbons (Fsp3) is 0.312. The highest BCUT2D eigenvalue weighted by atomic mass is 32.2. The van der Waals surface area contributed by atoms with E-state index in [2.05, 4.69) is 85.0 Å². The van der Waals surface area contributed by atoms with Gasteiger partial charge in [0.15, 0.2) is 0 Å². The zero-order valence-electron chi connectivity index (χ0n) is 20.4. The topological polar surface area (TPSA) is 29.5 Å². The molecule has 0 amide bonds. The van der Waals surface area contributed by atoms with Crippen molar-refractivity contribution in [1.29, 1.82) is 0 Å². The van der Waals surface area contributed by atoms with Crippen LogP contribution in [0.2, 0.25) is 0 Å². The van der Waals surface area contributed by atoms with Gasteiger partial charge in [-0.1, -0.05) is 91.0 Å². The van der Waals surface area contributed by atoms with Crippen molar-refractivity contribution < 1.29 is 9.84 Å². The van der Waals surface area contributed by atoms with Crippen molar-refractivity contribution in [1.82, 2.24) is 0 Å². The Labute approximate surface area is 222 Å². The number of hydrogen-bond acceptors (Lipinski definition) is 4. The molecule has 4 heteroatoms. The van der Waals surface area contributed by atoms with E-state index in [-0.39, 0.29) is 15.9 Å². The summed E-state index contributed by atoms with van der Waals surface area (Å²) in [5.41, 5.74) is 3.83. The quantitative estimate of drug-likeness (QED) is 0.371. The van der Waals surface area contributed by atoms with Crippen LogP contribution < -0.4 is 0 Å². The lowest BCUT2D eigenvalue weighted by Gasteiger charge is -2.53. The van der Waals surface area contributed by atoms with E-state index in [9.17, 15) is 5.11 Å². The molecular formula is C32H32O2S2. The van der Waals surface area contributed by atoms with Gasteiger partial charge in [0.2, 0.25) is 0 Å². The Morgan fingerprint density at radius 3 is 2.28 bits per heavy atom. The minimum atomic E-state index is -0.966. The third kappa shape index (κ3) is 4.13. The molecule has 0 radical (unpaired) electrons. The maximum absolute atomic E-state index is 13.1. The standard InChI is InChI=1S/C32H32O2S2/c33-31(29-15-8-7-14-26(29)22-30(31)25-12-5-2-6-13-25)32(35-20-9-21-36-32)27-16-18-28(19-17-27)34-23-24-10-3-1-4-11-24/h1-8,10-16,18-19,27,30,33H,9,17,20-23H2. The molecule has 0 spiro atoms. The van der Waals surface area contributed by atoms with Crippen molar-refractivity contribution in [3.05, 3.63) is 131 Å². The van der Waals surface area contributed by atoms with Crippen molar-refractivity contribution >= 4 is 23.5 Å². The minimum Gasteiger partial charge on any atom is -0.489 e. The number of thioether (sulfide) groups is 2. The summed E-state index contributed by atoms with van der Waals surface area (Å²) in [6.45, 7) is 0.573. The number of fused-ring (bicyclic) bond motifs is 1. The second-order valence-electron chi connectivity index (χ2n) is 9.89. The molecule has 1 N–H and O–H groups in total. The molecule has 6 rings (SSSR count). The summed E-state index contributed by atoms with van der Waals surface area (Å²) in [5, 5.41) is 13.1. The van der Waals surface area contributed by atoms with E-state index in [4.69, 9.17) is 4.74 Å². The maximum atomic E-state index is 13.1. The predicted octanol–water partition coefficient (Wildman–Crippen LogP) is 7.46. The van der Waals surface area contributed by atoms with E-state index >= 15 is 0 Å². The lowest BCUT2D eigenvalue weighted by Crippen LogP contribution is -2.55. The largest absolute Gasteiger partial charge is 0.489 e. The third-order valence-electron chi connectivity index (χ3n) is 7.81. The van der Waals surface area contributed by atoms with Crippen molar-refractivity contribution in [2.45, 2.75) is 41.5 Å². The zero-order chi connectivity index (χ0) is 24.4. The van der Waals surface area contributed by atoms with Crippen LogP contribution in [0.4, 0.5) is 0 Å². The van der Waals surface area contributed by atoms with Crippen LogP contribution in [0.5, 0.6) is 0 Å². The number of rotatable bonds is 6. The van der Waals surface area contributed by atoms with Crippen LogP contribution in [-0.4, -0.2) is 20.7 Å². The first-order valence-corrected chi connectivity index (χ1v) is 14.9. The van der Waals surface area contributed by atoms with Gasteiger partial charge >= 0.3 is 0 Å². The summed E-state index contributed by atoms with van der Waals surface area (Å²) in [6, 6.07) is 29.6. The molecule has 1 heterocycles. The Kier molecular flexibility index (Phi) is 6.76. The first kappa shape index (κ1) is 24.0. The Morgan fingerprint density at radius 1 is 0.861 bits per heavy atom. The monoisotopic (exact) mass is 512 g/mol. The van der Waals surface area contributed by atoms with E-state index in [0.29, 0.717) is 6.61 Å². The fourth-order valence-corrected chi connectivity index (χ4v) is 10.0. The van der Waals surface area contributed by atoms with Gasteiger partial charge < -0.3 is 9.84 Å². The normalized spacial score (nSPS) is 26.8. The second kappa shape index (κ2) is 10.2. The van der Waals surface area contributed by atoms with Gasteiger partial charge in [0.1, 0.15) is 22.0 Å². The van der Waals surface area contributed by atoms with Gasteiger partial charge in [0, 0.05) is 11.8 Å². The van der Waals surface area contributed by atoms with Gasteiger partial charge in [-0.25, -0.2) is 0 Å². The lowest BCUT2D eigenvalue weighted by molar-refractivity contribution is -0.00511. The Morgan fingerprint density at radius 2 is 1.56 bits per heavy atom. The summed E-state index contributed by atoms with van der Waals surface area (Å²) in [6.07, 6.45) is 9.60. The Balaban J connectivity index is 1.35. The first-order chi connectivity index (χ1) is 17.7. The molecule has 2 nitrogen and oxygen atoms in total. The zero-order valence-corrected chi connectivity index (χ0v) is 22.0. The number of benzene rings is 3. The lowest BCUT2D eigenvalue weighted by atomic mass is 9.74. The van der Waals surface area contributed by atoms with Gasteiger partial charge in [0.05, 0.1) is 0 Å². The summed E-state index contributed by atoms with van der Waals surface area (Å²) in [4.78, 5) is 0. The molecule has 3 aromatic carbocycles. The molecule has 0 saturated carbocycles. The molecule has 3 aromatic rings. The fourth-order valence-electron chi connectivity index (χ4n) is 6.10. The number of aliphatic hydroxyl groups is 1. The SMILES string of the molecule is OC1(C2(C3C=CC(OCc4ccccc4)=CC3)SCCCS2)c2ccccc2CC1c1ccccc1. The van der Waals surface area contributed by atoms with E-state index in [1.165, 1.54) is 23.1 Å². The van der Waals surface area contributed by atoms with Gasteiger partial charge in [-0.2, -0.15) is 0 Å². The number of ether oxygens (including phenoxy) is 1. The molecule has 2 aliphatic carbocycles. The van der Waals surface area contributed by atoms with Crippen LogP contribution >= 0.6 is 23.5 Å². The van der Waals surface area contributed by atoms with Gasteiger partial charge in [-0.15, -0.1) is 23.5 Å². The van der Waals surface area contributed by atoms with Gasteiger partial charge in [0.25, 0.3) is 0 Å². The maximum Gasteiger partial charge on any atom is 0.121 e. The average molecular weight is 513 g/mol. The second-order valence-corrected chi connectivity index (χ2v) is 12.8. The third-order valence-corrected chi connectivity index (χ3v) is 11.6. The summed E-state index contributed by atoms with van der Waals surface area (Å²) >= 11 is 3.96. The molecule has 3 aliphatic rings. The van der Waals surface area contributed by atoms with E-state index in [1.807, 2.05) is 41.7 Å². The molecule has 1 saturated heterocycles. The Hall–Kier alpha value is -2.40. The van der Waals surface area contributed by atoms with Crippen LogP contribution in [0.25, 0.3) is 0 Å². The molecule has 1 aliphatic heterocycles. The summed E-state index contributed by atoms with van der Waals surface area (Å²) < 4.78 is 5.77. The van der Waals surface area contributed by atoms with Crippen LogP contribution in [-0.2, 0) is 23.4 Å². The van der Waals surface area contributed by atoms with Crippen LogP contribution in [0, 0.1) is 5.92 Å². The molecule has 1 fully saturated rings. The first-order valence-electron chi connectivity index (χ1n) is 12.9. The van der Waals surface area contributed by atoms with E-state index < -0.39 is 5.60 Å². The average Bonchev–Trinajstić information content (AvgIpc) is 3.27. The highest BCUT2D eigenvalue weighted by Crippen LogP contribution is 2.66.